The minimum Gasteiger partial charge on any atom is -0.481 e. The van der Waals surface area contributed by atoms with Crippen LogP contribution in [0.1, 0.15) is 32.1 Å². The Morgan fingerprint density at radius 1 is 1.00 bits per heavy atom. The van der Waals surface area contributed by atoms with Crippen molar-refractivity contribution in [2.24, 2.45) is 0 Å². The molecule has 0 aliphatic rings. The molecule has 0 fully saturated rings. The Hall–Kier alpha value is -1.63. The summed E-state index contributed by atoms with van der Waals surface area (Å²) < 4.78 is 5.65. The van der Waals surface area contributed by atoms with E-state index in [-0.39, 0.29) is 19.3 Å². The molecule has 7 nitrogen and oxygen atoms in total. The van der Waals surface area contributed by atoms with Crippen LogP contribution in [0.2, 0.25) is 0 Å². The van der Waals surface area contributed by atoms with Crippen molar-refractivity contribution in [2.45, 2.75) is 38.2 Å². The number of likely N-dealkylation sites (N-methyl/N-ethyl adjacent to an activating group) is 1. The summed E-state index contributed by atoms with van der Waals surface area (Å²) >= 11 is 0. The van der Waals surface area contributed by atoms with Crippen LogP contribution in [0.25, 0.3) is 0 Å². The SMILES string of the molecule is C[N+](C)([13CH3])C[C@@H](CC(=O)O)OC(=O)CCCCC(=O)O. The van der Waals surface area contributed by atoms with Gasteiger partial charge < -0.3 is 19.4 Å². The lowest BCUT2D eigenvalue weighted by molar-refractivity contribution is -0.873. The summed E-state index contributed by atoms with van der Waals surface area (Å²) in [5.74, 6) is -2.38. The van der Waals surface area contributed by atoms with E-state index in [1.165, 1.54) is 0 Å². The lowest BCUT2D eigenvalue weighted by Crippen LogP contribution is -2.43. The second-order valence-electron chi connectivity index (χ2n) is 5.78. The van der Waals surface area contributed by atoms with Crippen molar-refractivity contribution in [1.29, 1.82) is 0 Å². The molecule has 0 bridgehead atoms. The number of nitrogens with zero attached hydrogens (tertiary/aromatic N) is 1. The number of carbonyl (C=O) groups excluding carboxylic acids is 1. The molecular formula is C13H24NO6+. The summed E-state index contributed by atoms with van der Waals surface area (Å²) in [6.45, 7) is 0.410. The Morgan fingerprint density at radius 3 is 2.00 bits per heavy atom. The van der Waals surface area contributed by atoms with Crippen molar-refractivity contribution < 1.29 is 33.8 Å². The molecule has 0 saturated carbocycles. The molecule has 0 aromatic heterocycles. The molecule has 116 valence electrons. The van der Waals surface area contributed by atoms with Gasteiger partial charge in [-0.1, -0.05) is 0 Å². The number of carboxylic acid groups (broad SMARTS) is 2. The molecular weight excluding hydrogens is 267 g/mol. The molecule has 7 heteroatoms. The van der Waals surface area contributed by atoms with Gasteiger partial charge in [-0.3, -0.25) is 14.4 Å². The highest BCUT2D eigenvalue weighted by atomic mass is 16.5. The van der Waals surface area contributed by atoms with Gasteiger partial charge >= 0.3 is 17.9 Å². The van der Waals surface area contributed by atoms with E-state index in [0.717, 1.165) is 0 Å². The zero-order chi connectivity index (χ0) is 15.8. The third kappa shape index (κ3) is 11.5. The number of hydrogen-bond acceptors (Lipinski definition) is 4. The molecule has 0 aromatic rings. The molecule has 0 rings (SSSR count). The van der Waals surface area contributed by atoms with Crippen molar-refractivity contribution in [3.8, 4) is 0 Å². The average molecular weight is 291 g/mol. The first-order chi connectivity index (χ1) is 9.10. The molecule has 0 radical (unpaired) electrons. The molecule has 20 heavy (non-hydrogen) atoms. The molecule has 1 atom stereocenters. The van der Waals surface area contributed by atoms with Crippen LogP contribution in [0.15, 0.2) is 0 Å². The maximum absolute atomic E-state index is 11.6. The van der Waals surface area contributed by atoms with Crippen LogP contribution in [0.4, 0.5) is 0 Å². The number of hydrogen-bond donors (Lipinski definition) is 2. The van der Waals surface area contributed by atoms with Crippen LogP contribution >= 0.6 is 0 Å². The summed E-state index contributed by atoms with van der Waals surface area (Å²) in [6.07, 6.45) is 0.0693. The van der Waals surface area contributed by atoms with E-state index in [9.17, 15) is 14.4 Å². The third-order valence-electron chi connectivity index (χ3n) is 2.47. The van der Waals surface area contributed by atoms with E-state index in [2.05, 4.69) is 0 Å². The predicted molar refractivity (Wildman–Crippen MR) is 71.1 cm³/mol. The van der Waals surface area contributed by atoms with Crippen LogP contribution in [0.5, 0.6) is 0 Å². The topological polar surface area (TPSA) is 101 Å². The number of carboxylic acids is 2. The number of carbonyl (C=O) groups is 3. The number of unbranched alkanes of at least 4 members (excludes halogenated alkanes) is 1. The van der Waals surface area contributed by atoms with Gasteiger partial charge in [0.25, 0.3) is 0 Å². The monoisotopic (exact) mass is 291 g/mol. The average Bonchev–Trinajstić information content (AvgIpc) is 2.20. The van der Waals surface area contributed by atoms with Gasteiger partial charge in [-0.05, 0) is 12.8 Å². The third-order valence-corrected chi connectivity index (χ3v) is 2.47. The van der Waals surface area contributed by atoms with Gasteiger partial charge in [0.15, 0.2) is 6.10 Å². The quantitative estimate of drug-likeness (QED) is 0.266. The smallest absolute Gasteiger partial charge is 0.307 e. The molecule has 0 aliphatic carbocycles. The highest BCUT2D eigenvalue weighted by Crippen LogP contribution is 2.08. The minimum atomic E-state index is -1.01. The predicted octanol–water partition coefficient (Wildman–Crippen LogP) is 0.724. The Bertz CT molecular complexity index is 347. The lowest BCUT2D eigenvalue weighted by atomic mass is 10.2. The van der Waals surface area contributed by atoms with Crippen molar-refractivity contribution in [3.63, 3.8) is 0 Å². The van der Waals surface area contributed by atoms with Crippen LogP contribution in [-0.2, 0) is 19.1 Å². The molecule has 0 aromatic carbocycles. The van der Waals surface area contributed by atoms with Gasteiger partial charge in [-0.15, -0.1) is 0 Å². The molecule has 0 heterocycles. The normalized spacial score (nSPS) is 12.8. The minimum absolute atomic E-state index is 0.0186. The second-order valence-corrected chi connectivity index (χ2v) is 5.78. The van der Waals surface area contributed by atoms with E-state index in [1.54, 1.807) is 0 Å². The van der Waals surface area contributed by atoms with Crippen LogP contribution < -0.4 is 0 Å². The Balaban J connectivity index is 4.18. The number of aliphatic carboxylic acids is 2. The molecule has 0 spiro atoms. The summed E-state index contributed by atoms with van der Waals surface area (Å²) in [5, 5.41) is 17.3. The summed E-state index contributed by atoms with van der Waals surface area (Å²) in [5.41, 5.74) is 0. The Morgan fingerprint density at radius 2 is 1.55 bits per heavy atom. The van der Waals surface area contributed by atoms with Gasteiger partial charge in [-0.25, -0.2) is 0 Å². The van der Waals surface area contributed by atoms with E-state index in [1.807, 2.05) is 21.1 Å². The van der Waals surface area contributed by atoms with Gasteiger partial charge in [0.1, 0.15) is 6.54 Å². The van der Waals surface area contributed by atoms with E-state index < -0.39 is 24.0 Å². The van der Waals surface area contributed by atoms with Crippen LogP contribution in [0.3, 0.4) is 0 Å². The lowest BCUT2D eigenvalue weighted by Gasteiger charge is -2.28. The largest absolute Gasteiger partial charge is 0.481 e. The van der Waals surface area contributed by atoms with Gasteiger partial charge in [0.2, 0.25) is 0 Å². The number of ether oxygens (including phenoxy) is 1. The molecule has 0 aliphatic heterocycles. The second kappa shape index (κ2) is 8.52. The van der Waals surface area contributed by atoms with Crippen molar-refractivity contribution in [3.05, 3.63) is 0 Å². The molecule has 0 amide bonds. The Kier molecular flexibility index (Phi) is 7.83. The molecule has 2 N–H and O–H groups in total. The fourth-order valence-corrected chi connectivity index (χ4v) is 1.74. The zero-order valence-electron chi connectivity index (χ0n) is 12.3. The summed E-state index contributed by atoms with van der Waals surface area (Å²) in [6, 6.07) is 0. The summed E-state index contributed by atoms with van der Waals surface area (Å²) in [4.78, 5) is 32.7. The fourth-order valence-electron chi connectivity index (χ4n) is 1.74. The Labute approximate surface area is 118 Å². The summed E-state index contributed by atoms with van der Waals surface area (Å²) in [7, 11) is 5.65. The van der Waals surface area contributed by atoms with Gasteiger partial charge in [0.05, 0.1) is 27.6 Å². The van der Waals surface area contributed by atoms with Gasteiger partial charge in [-0.2, -0.15) is 0 Å². The number of quaternary nitrogens is 1. The maximum Gasteiger partial charge on any atom is 0.307 e. The van der Waals surface area contributed by atoms with E-state index in [0.29, 0.717) is 23.9 Å². The van der Waals surface area contributed by atoms with Crippen LogP contribution in [-0.4, -0.2) is 66.4 Å². The maximum atomic E-state index is 11.6. The number of esters is 1. The number of rotatable bonds is 10. The first-order valence-electron chi connectivity index (χ1n) is 6.53. The van der Waals surface area contributed by atoms with Crippen LogP contribution in [0, 0.1) is 0 Å². The highest BCUT2D eigenvalue weighted by Gasteiger charge is 2.24. The van der Waals surface area contributed by atoms with E-state index in [4.69, 9.17) is 14.9 Å². The van der Waals surface area contributed by atoms with Gasteiger partial charge in [0, 0.05) is 12.8 Å². The molecule has 0 unspecified atom stereocenters. The fraction of sp³-hybridized carbons (Fsp3) is 0.769. The first kappa shape index (κ1) is 18.4. The van der Waals surface area contributed by atoms with E-state index >= 15 is 0 Å². The van der Waals surface area contributed by atoms with Crippen molar-refractivity contribution in [1.82, 2.24) is 0 Å². The molecule has 0 saturated heterocycles. The standard InChI is InChI=1S/C13H23NO6/c1-14(2,3)9-10(8-12(17)18)20-13(19)7-5-4-6-11(15)16/h10H,4-9H2,1-3H3,(H-,15,16,17,18)/p+1/t10-/m1/s1/i1+1. The highest BCUT2D eigenvalue weighted by molar-refractivity contribution is 5.71. The zero-order valence-corrected chi connectivity index (χ0v) is 12.3. The van der Waals surface area contributed by atoms with Crippen molar-refractivity contribution in [2.75, 3.05) is 27.7 Å². The first-order valence-corrected chi connectivity index (χ1v) is 6.53. The van der Waals surface area contributed by atoms with Crippen molar-refractivity contribution >= 4 is 17.9 Å².